The Morgan fingerprint density at radius 3 is 1.32 bits per heavy atom. The third-order valence-electron chi connectivity index (χ3n) is 3.76. The minimum atomic E-state index is -4.25. The molecule has 0 unspecified atom stereocenters. The molecule has 0 aliphatic heterocycles. The topological polar surface area (TPSA) is 66.8 Å². The molecule has 0 aromatic heterocycles. The van der Waals surface area contributed by atoms with Crippen LogP contribution in [0.15, 0.2) is 0 Å². The van der Waals surface area contributed by atoms with Crippen molar-refractivity contribution in [1.82, 2.24) is 0 Å². The number of unbranched alkanes of at least 4 members (excludes halogenated alkanes) is 13. The molecule has 4 nitrogen and oxygen atoms in total. The molecular formula is C16H36LiO4P. The first-order valence-electron chi connectivity index (χ1n) is 8.76. The third kappa shape index (κ3) is 23.0. The summed E-state index contributed by atoms with van der Waals surface area (Å²) in [5.74, 6) is 0. The van der Waals surface area contributed by atoms with Gasteiger partial charge in [-0.25, -0.2) is 4.57 Å². The summed E-state index contributed by atoms with van der Waals surface area (Å²) in [6, 6.07) is 0. The van der Waals surface area contributed by atoms with Gasteiger partial charge in [-0.1, -0.05) is 90.4 Å². The maximum atomic E-state index is 10.4. The molecule has 0 spiro atoms. The van der Waals surface area contributed by atoms with Crippen molar-refractivity contribution in [3.8, 4) is 0 Å². The van der Waals surface area contributed by atoms with Crippen LogP contribution in [0.3, 0.4) is 0 Å². The van der Waals surface area contributed by atoms with E-state index >= 15 is 0 Å². The van der Waals surface area contributed by atoms with Crippen LogP contribution >= 0.6 is 7.82 Å². The molecule has 0 radical (unpaired) electrons. The number of rotatable bonds is 16. The van der Waals surface area contributed by atoms with E-state index in [-0.39, 0.29) is 25.5 Å². The van der Waals surface area contributed by atoms with Gasteiger partial charge in [0, 0.05) is 0 Å². The van der Waals surface area contributed by atoms with Crippen molar-refractivity contribution >= 4 is 26.7 Å². The van der Waals surface area contributed by atoms with Crippen molar-refractivity contribution < 1.29 is 18.9 Å². The maximum absolute atomic E-state index is 10.4. The zero-order chi connectivity index (χ0) is 15.8. The Labute approximate surface area is 149 Å². The zero-order valence-electron chi connectivity index (χ0n) is 13.8. The number of hydrogen-bond donors (Lipinski definition) is 2. The van der Waals surface area contributed by atoms with Gasteiger partial charge in [0.15, 0.2) is 0 Å². The van der Waals surface area contributed by atoms with Crippen molar-refractivity contribution in [2.75, 3.05) is 6.61 Å². The van der Waals surface area contributed by atoms with Gasteiger partial charge in [-0.05, 0) is 6.42 Å². The first kappa shape index (κ1) is 25.0. The standard InChI is InChI=1S/C16H35O4P.Li.H/c1-2-3-4-5-6-7-8-9-10-11-12-13-14-15-16-20-21(17,18)19;;/h2-16H2,1H3,(H2,17,18,19);;. The fraction of sp³-hybridized carbons (Fsp3) is 1.00. The molecule has 0 aliphatic rings. The number of hydrogen-bond acceptors (Lipinski definition) is 2. The molecule has 0 aliphatic carbocycles. The van der Waals surface area contributed by atoms with E-state index < -0.39 is 7.82 Å². The Bertz CT molecular complexity index is 259. The van der Waals surface area contributed by atoms with Crippen LogP contribution in [0.2, 0.25) is 0 Å². The molecule has 0 aromatic carbocycles. The summed E-state index contributed by atoms with van der Waals surface area (Å²) in [6.07, 6.45) is 17.8. The summed E-state index contributed by atoms with van der Waals surface area (Å²) in [6.45, 7) is 2.42. The predicted molar refractivity (Wildman–Crippen MR) is 95.5 cm³/mol. The second kappa shape index (κ2) is 18.1. The molecule has 0 fully saturated rings. The summed E-state index contributed by atoms with van der Waals surface area (Å²) in [7, 11) is -4.25. The molecule has 6 heteroatoms. The van der Waals surface area contributed by atoms with Gasteiger partial charge in [0.25, 0.3) is 0 Å². The van der Waals surface area contributed by atoms with Crippen LogP contribution in [0.4, 0.5) is 0 Å². The first-order valence-corrected chi connectivity index (χ1v) is 10.3. The molecule has 22 heavy (non-hydrogen) atoms. The summed E-state index contributed by atoms with van der Waals surface area (Å²) in [5, 5.41) is 0. The van der Waals surface area contributed by atoms with Gasteiger partial charge in [0.05, 0.1) is 6.61 Å². The van der Waals surface area contributed by atoms with E-state index in [1.807, 2.05) is 0 Å². The van der Waals surface area contributed by atoms with Crippen LogP contribution in [0.25, 0.3) is 0 Å². The van der Waals surface area contributed by atoms with E-state index in [0.29, 0.717) is 0 Å². The van der Waals surface area contributed by atoms with Crippen molar-refractivity contribution in [1.29, 1.82) is 0 Å². The van der Waals surface area contributed by atoms with E-state index in [1.165, 1.54) is 70.6 Å². The van der Waals surface area contributed by atoms with Gasteiger partial charge >= 0.3 is 26.7 Å². The fourth-order valence-corrected chi connectivity index (χ4v) is 2.85. The molecule has 0 heterocycles. The quantitative estimate of drug-likeness (QED) is 0.239. The minimum absolute atomic E-state index is 0. The molecule has 0 saturated carbocycles. The van der Waals surface area contributed by atoms with Crippen molar-refractivity contribution in [2.45, 2.75) is 96.8 Å². The third-order valence-corrected chi connectivity index (χ3v) is 4.28. The average molecular weight is 330 g/mol. The van der Waals surface area contributed by atoms with Gasteiger partial charge in [-0.3, -0.25) is 4.52 Å². The molecule has 0 aromatic rings. The van der Waals surface area contributed by atoms with Crippen molar-refractivity contribution in [3.05, 3.63) is 0 Å². The Hall–Kier alpha value is 0.707. The van der Waals surface area contributed by atoms with Crippen molar-refractivity contribution in [2.24, 2.45) is 0 Å². The van der Waals surface area contributed by atoms with Gasteiger partial charge in [0.2, 0.25) is 0 Å². The number of phosphoric ester groups is 1. The van der Waals surface area contributed by atoms with Crippen LogP contribution in [0, 0.1) is 0 Å². The molecule has 0 rings (SSSR count). The second-order valence-electron chi connectivity index (χ2n) is 5.92. The normalized spacial score (nSPS) is 11.4. The van der Waals surface area contributed by atoms with Gasteiger partial charge < -0.3 is 9.79 Å². The monoisotopic (exact) mass is 330 g/mol. The summed E-state index contributed by atoms with van der Waals surface area (Å²) >= 11 is 0. The molecule has 0 saturated heterocycles. The van der Waals surface area contributed by atoms with Crippen molar-refractivity contribution in [3.63, 3.8) is 0 Å². The van der Waals surface area contributed by atoms with Crippen LogP contribution in [-0.2, 0) is 9.09 Å². The SMILES string of the molecule is CCCCCCCCCCCCCCCCOP(=O)(O)O.[LiH]. The Kier molecular flexibility index (Phi) is 20.5. The van der Waals surface area contributed by atoms with E-state index in [2.05, 4.69) is 11.4 Å². The molecule has 0 atom stereocenters. The van der Waals surface area contributed by atoms with E-state index in [9.17, 15) is 4.57 Å². The molecular weight excluding hydrogens is 294 g/mol. The van der Waals surface area contributed by atoms with Crippen LogP contribution in [0.5, 0.6) is 0 Å². The Morgan fingerprint density at radius 2 is 1.00 bits per heavy atom. The van der Waals surface area contributed by atoms with Gasteiger partial charge in [-0.15, -0.1) is 0 Å². The van der Waals surface area contributed by atoms with Crippen LogP contribution < -0.4 is 0 Å². The number of phosphoric acid groups is 1. The molecule has 0 bridgehead atoms. The summed E-state index contributed by atoms with van der Waals surface area (Å²) < 4.78 is 14.8. The summed E-state index contributed by atoms with van der Waals surface area (Å²) in [5.41, 5.74) is 0. The predicted octanol–water partition coefficient (Wildman–Crippen LogP) is 4.93. The van der Waals surface area contributed by atoms with E-state index in [1.54, 1.807) is 0 Å². The first-order chi connectivity index (χ1) is 10.1. The summed E-state index contributed by atoms with van der Waals surface area (Å²) in [4.78, 5) is 17.0. The van der Waals surface area contributed by atoms with Crippen LogP contribution in [-0.4, -0.2) is 35.3 Å². The average Bonchev–Trinajstić information content (AvgIpc) is 2.42. The molecule has 2 N–H and O–H groups in total. The fourth-order valence-electron chi connectivity index (χ4n) is 2.48. The molecule has 130 valence electrons. The van der Waals surface area contributed by atoms with Crippen LogP contribution in [0.1, 0.15) is 96.8 Å². The zero-order valence-corrected chi connectivity index (χ0v) is 14.7. The van der Waals surface area contributed by atoms with Gasteiger partial charge in [0.1, 0.15) is 0 Å². The van der Waals surface area contributed by atoms with E-state index in [0.717, 1.165) is 19.3 Å². The molecule has 0 amide bonds. The van der Waals surface area contributed by atoms with Gasteiger partial charge in [-0.2, -0.15) is 0 Å². The van der Waals surface area contributed by atoms with E-state index in [4.69, 9.17) is 9.79 Å². The second-order valence-corrected chi connectivity index (χ2v) is 7.16. The Balaban J connectivity index is 0. The Morgan fingerprint density at radius 1 is 0.682 bits per heavy atom.